The first-order chi connectivity index (χ1) is 9.58. The van der Waals surface area contributed by atoms with E-state index in [0.29, 0.717) is 17.0 Å². The van der Waals surface area contributed by atoms with Gasteiger partial charge in [-0.1, -0.05) is 11.6 Å². The van der Waals surface area contributed by atoms with Gasteiger partial charge in [0, 0.05) is 37.9 Å². The number of fused-ring (bicyclic) bond motifs is 1. The molecule has 0 saturated carbocycles. The lowest BCUT2D eigenvalue weighted by atomic mass is 9.92. The standard InChI is InChI=1S/C15H22ClN3O/c1-10(2)19-9-12(16)6-13(19)15(20)18-5-3-4-11-7-17-8-14(11)18/h6,9-11,14,17H,3-5,7-8H2,1-2H3. The van der Waals surface area contributed by atoms with Gasteiger partial charge in [-0.05, 0) is 38.7 Å². The van der Waals surface area contributed by atoms with Crippen LogP contribution in [0.2, 0.25) is 5.02 Å². The molecule has 0 bridgehead atoms. The highest BCUT2D eigenvalue weighted by molar-refractivity contribution is 6.31. The number of rotatable bonds is 2. The van der Waals surface area contributed by atoms with E-state index in [2.05, 4.69) is 24.1 Å². The quantitative estimate of drug-likeness (QED) is 0.910. The van der Waals surface area contributed by atoms with Crippen molar-refractivity contribution in [3.8, 4) is 0 Å². The van der Waals surface area contributed by atoms with Crippen molar-refractivity contribution in [1.29, 1.82) is 0 Å². The molecule has 3 rings (SSSR count). The molecule has 2 fully saturated rings. The van der Waals surface area contributed by atoms with E-state index in [1.165, 1.54) is 6.42 Å². The smallest absolute Gasteiger partial charge is 0.270 e. The molecular formula is C15H22ClN3O. The summed E-state index contributed by atoms with van der Waals surface area (Å²) >= 11 is 6.10. The molecule has 2 saturated heterocycles. The first-order valence-corrected chi connectivity index (χ1v) is 7.85. The maximum absolute atomic E-state index is 12.9. The minimum atomic E-state index is 0.129. The van der Waals surface area contributed by atoms with Crippen molar-refractivity contribution in [2.45, 2.75) is 38.8 Å². The van der Waals surface area contributed by atoms with E-state index in [4.69, 9.17) is 11.6 Å². The predicted octanol–water partition coefficient (Wildman–Crippen LogP) is 2.55. The molecule has 20 heavy (non-hydrogen) atoms. The number of hydrogen-bond donors (Lipinski definition) is 1. The molecule has 3 heterocycles. The Bertz CT molecular complexity index is 511. The highest BCUT2D eigenvalue weighted by atomic mass is 35.5. The zero-order valence-electron chi connectivity index (χ0n) is 12.1. The number of carbonyl (C=O) groups is 1. The molecule has 1 N–H and O–H groups in total. The summed E-state index contributed by atoms with van der Waals surface area (Å²) in [7, 11) is 0. The van der Waals surface area contributed by atoms with Gasteiger partial charge in [-0.2, -0.15) is 0 Å². The van der Waals surface area contributed by atoms with Crippen molar-refractivity contribution in [2.24, 2.45) is 5.92 Å². The summed E-state index contributed by atoms with van der Waals surface area (Å²) < 4.78 is 1.98. The Hall–Kier alpha value is -1.00. The summed E-state index contributed by atoms with van der Waals surface area (Å²) in [6.45, 7) is 6.97. The number of piperidine rings is 1. The van der Waals surface area contributed by atoms with Crippen molar-refractivity contribution >= 4 is 17.5 Å². The van der Waals surface area contributed by atoms with Gasteiger partial charge >= 0.3 is 0 Å². The normalized spacial score (nSPS) is 26.1. The monoisotopic (exact) mass is 295 g/mol. The third-order valence-electron chi connectivity index (χ3n) is 4.53. The second kappa shape index (κ2) is 5.41. The predicted molar refractivity (Wildman–Crippen MR) is 80.2 cm³/mol. The third kappa shape index (κ3) is 2.35. The first-order valence-electron chi connectivity index (χ1n) is 7.47. The Morgan fingerprint density at radius 2 is 2.25 bits per heavy atom. The van der Waals surface area contributed by atoms with Crippen LogP contribution < -0.4 is 5.32 Å². The fourth-order valence-electron chi connectivity index (χ4n) is 3.51. The van der Waals surface area contributed by atoms with Crippen LogP contribution in [-0.4, -0.2) is 41.1 Å². The van der Waals surface area contributed by atoms with E-state index < -0.39 is 0 Å². The van der Waals surface area contributed by atoms with Gasteiger partial charge in [0.1, 0.15) is 5.69 Å². The fraction of sp³-hybridized carbons (Fsp3) is 0.667. The lowest BCUT2D eigenvalue weighted by Crippen LogP contribution is -2.48. The van der Waals surface area contributed by atoms with Crippen LogP contribution in [0.15, 0.2) is 12.3 Å². The zero-order valence-corrected chi connectivity index (χ0v) is 12.9. The van der Waals surface area contributed by atoms with Gasteiger partial charge in [-0.25, -0.2) is 0 Å². The van der Waals surface area contributed by atoms with Crippen molar-refractivity contribution in [2.75, 3.05) is 19.6 Å². The number of likely N-dealkylation sites (tertiary alicyclic amines) is 1. The number of carbonyl (C=O) groups excluding carboxylic acids is 1. The van der Waals surface area contributed by atoms with Gasteiger partial charge in [-0.3, -0.25) is 4.79 Å². The van der Waals surface area contributed by atoms with Gasteiger partial charge < -0.3 is 14.8 Å². The van der Waals surface area contributed by atoms with E-state index in [1.54, 1.807) is 6.07 Å². The van der Waals surface area contributed by atoms with Crippen LogP contribution in [0.25, 0.3) is 0 Å². The summed E-state index contributed by atoms with van der Waals surface area (Å²) in [6.07, 6.45) is 4.19. The first kappa shape index (κ1) is 14.0. The molecule has 1 aromatic heterocycles. The molecule has 2 aliphatic heterocycles. The maximum atomic E-state index is 12.9. The van der Waals surface area contributed by atoms with E-state index >= 15 is 0 Å². The van der Waals surface area contributed by atoms with Crippen LogP contribution in [0, 0.1) is 5.92 Å². The van der Waals surface area contributed by atoms with E-state index in [1.807, 2.05) is 10.8 Å². The lowest BCUT2D eigenvalue weighted by molar-refractivity contribution is 0.0562. The Kier molecular flexibility index (Phi) is 3.78. The third-order valence-corrected chi connectivity index (χ3v) is 4.74. The van der Waals surface area contributed by atoms with Crippen molar-refractivity contribution in [3.63, 3.8) is 0 Å². The van der Waals surface area contributed by atoms with E-state index in [-0.39, 0.29) is 11.9 Å². The molecule has 2 unspecified atom stereocenters. The summed E-state index contributed by atoms with van der Waals surface area (Å²) in [4.78, 5) is 15.0. The average Bonchev–Trinajstić information content (AvgIpc) is 3.03. The van der Waals surface area contributed by atoms with Crippen LogP contribution in [0.1, 0.15) is 43.2 Å². The summed E-state index contributed by atoms with van der Waals surface area (Å²) in [5.74, 6) is 0.745. The van der Waals surface area contributed by atoms with Gasteiger partial charge in [0.15, 0.2) is 0 Å². The Labute approximate surface area is 125 Å². The van der Waals surface area contributed by atoms with Crippen LogP contribution in [0.4, 0.5) is 0 Å². The molecule has 0 radical (unpaired) electrons. The van der Waals surface area contributed by atoms with Gasteiger partial charge in [0.2, 0.25) is 0 Å². The van der Waals surface area contributed by atoms with Crippen LogP contribution >= 0.6 is 11.6 Å². The molecular weight excluding hydrogens is 274 g/mol. The highest BCUT2D eigenvalue weighted by Gasteiger charge is 2.38. The van der Waals surface area contributed by atoms with Gasteiger partial charge in [-0.15, -0.1) is 0 Å². The van der Waals surface area contributed by atoms with Crippen molar-refractivity contribution < 1.29 is 4.79 Å². The summed E-state index contributed by atoms with van der Waals surface area (Å²) in [5.41, 5.74) is 0.720. The summed E-state index contributed by atoms with van der Waals surface area (Å²) in [6, 6.07) is 2.39. The Balaban J connectivity index is 1.88. The second-order valence-electron chi connectivity index (χ2n) is 6.17. The minimum absolute atomic E-state index is 0.129. The molecule has 0 aliphatic carbocycles. The van der Waals surface area contributed by atoms with Crippen molar-refractivity contribution in [3.05, 3.63) is 23.0 Å². The van der Waals surface area contributed by atoms with Gasteiger partial charge in [0.25, 0.3) is 5.91 Å². The maximum Gasteiger partial charge on any atom is 0.270 e. The van der Waals surface area contributed by atoms with E-state index in [9.17, 15) is 4.79 Å². The molecule has 5 heteroatoms. The highest BCUT2D eigenvalue weighted by Crippen LogP contribution is 2.29. The van der Waals surface area contributed by atoms with Crippen molar-refractivity contribution in [1.82, 2.24) is 14.8 Å². The van der Waals surface area contributed by atoms with Gasteiger partial charge in [0.05, 0.1) is 5.02 Å². The Morgan fingerprint density at radius 1 is 1.45 bits per heavy atom. The minimum Gasteiger partial charge on any atom is -0.339 e. The number of hydrogen-bond acceptors (Lipinski definition) is 2. The fourth-order valence-corrected chi connectivity index (χ4v) is 3.72. The van der Waals surface area contributed by atoms with Crippen LogP contribution in [0.5, 0.6) is 0 Å². The average molecular weight is 296 g/mol. The van der Waals surface area contributed by atoms with Crippen LogP contribution in [0.3, 0.4) is 0 Å². The summed E-state index contributed by atoms with van der Waals surface area (Å²) in [5, 5.41) is 4.06. The number of aromatic nitrogens is 1. The number of nitrogens with one attached hydrogen (secondary N) is 1. The zero-order chi connectivity index (χ0) is 14.3. The topological polar surface area (TPSA) is 37.3 Å². The SMILES string of the molecule is CC(C)n1cc(Cl)cc1C(=O)N1CCCC2CNCC21. The largest absolute Gasteiger partial charge is 0.339 e. The molecule has 2 aliphatic rings. The lowest BCUT2D eigenvalue weighted by Gasteiger charge is -2.37. The van der Waals surface area contributed by atoms with E-state index in [0.717, 1.165) is 31.7 Å². The molecule has 4 nitrogen and oxygen atoms in total. The Morgan fingerprint density at radius 3 is 3.00 bits per heavy atom. The molecule has 0 aromatic carbocycles. The number of halogens is 1. The molecule has 2 atom stereocenters. The van der Waals surface area contributed by atoms with Crippen LogP contribution in [-0.2, 0) is 0 Å². The molecule has 110 valence electrons. The molecule has 0 spiro atoms. The number of amides is 1. The molecule has 1 amide bonds. The second-order valence-corrected chi connectivity index (χ2v) is 6.61. The number of nitrogens with zero attached hydrogens (tertiary/aromatic N) is 2. The molecule has 1 aromatic rings.